The summed E-state index contributed by atoms with van der Waals surface area (Å²) in [6, 6.07) is 5.30. The molecule has 0 bridgehead atoms. The van der Waals surface area contributed by atoms with Crippen LogP contribution in [-0.2, 0) is 12.6 Å². The fraction of sp³-hybridized carbons (Fsp3) is 0.538. The third-order valence-electron chi connectivity index (χ3n) is 3.37. The summed E-state index contributed by atoms with van der Waals surface area (Å²) in [6.45, 7) is 0. The first kappa shape index (κ1) is 12.7. The van der Waals surface area contributed by atoms with Gasteiger partial charge in [-0.3, -0.25) is 0 Å². The summed E-state index contributed by atoms with van der Waals surface area (Å²) >= 11 is 6.22. The molecule has 0 heterocycles. The molecule has 1 fully saturated rings. The van der Waals surface area contributed by atoms with Gasteiger partial charge in [0.05, 0.1) is 5.56 Å². The minimum atomic E-state index is -4.26. The zero-order valence-electron chi connectivity index (χ0n) is 9.30. The first-order valence-electron chi connectivity index (χ1n) is 5.77. The average Bonchev–Trinajstić information content (AvgIpc) is 2.13. The number of alkyl halides is 4. The molecular formula is C13H14ClF3. The van der Waals surface area contributed by atoms with Crippen molar-refractivity contribution in [2.75, 3.05) is 0 Å². The van der Waals surface area contributed by atoms with Crippen LogP contribution in [0.5, 0.6) is 0 Å². The summed E-state index contributed by atoms with van der Waals surface area (Å²) in [5.41, 5.74) is 0.279. The van der Waals surface area contributed by atoms with Crippen LogP contribution in [0.1, 0.15) is 30.4 Å². The van der Waals surface area contributed by atoms with Crippen LogP contribution < -0.4 is 0 Å². The zero-order valence-corrected chi connectivity index (χ0v) is 10.1. The lowest BCUT2D eigenvalue weighted by Gasteiger charge is -2.29. The van der Waals surface area contributed by atoms with E-state index in [1.807, 2.05) is 0 Å². The van der Waals surface area contributed by atoms with Gasteiger partial charge in [0.25, 0.3) is 0 Å². The van der Waals surface area contributed by atoms with Crippen molar-refractivity contribution in [1.82, 2.24) is 0 Å². The molecule has 0 N–H and O–H groups in total. The molecule has 2 rings (SSSR count). The van der Waals surface area contributed by atoms with E-state index >= 15 is 0 Å². The second kappa shape index (κ2) is 4.89. The molecule has 1 aliphatic carbocycles. The van der Waals surface area contributed by atoms with Gasteiger partial charge >= 0.3 is 6.18 Å². The van der Waals surface area contributed by atoms with E-state index in [-0.39, 0.29) is 5.38 Å². The molecule has 1 aliphatic rings. The van der Waals surface area contributed by atoms with Crippen LogP contribution in [-0.4, -0.2) is 5.38 Å². The van der Waals surface area contributed by atoms with Gasteiger partial charge in [-0.2, -0.15) is 13.2 Å². The van der Waals surface area contributed by atoms with Crippen LogP contribution in [0.4, 0.5) is 13.2 Å². The van der Waals surface area contributed by atoms with E-state index in [1.54, 1.807) is 0 Å². The van der Waals surface area contributed by atoms with Crippen LogP contribution in [0.3, 0.4) is 0 Å². The Hall–Kier alpha value is -0.700. The Morgan fingerprint density at radius 2 is 1.76 bits per heavy atom. The van der Waals surface area contributed by atoms with Crippen LogP contribution >= 0.6 is 11.6 Å². The highest BCUT2D eigenvalue weighted by atomic mass is 35.5. The minimum absolute atomic E-state index is 0.0560. The van der Waals surface area contributed by atoms with Gasteiger partial charge in [0, 0.05) is 5.38 Å². The van der Waals surface area contributed by atoms with Gasteiger partial charge in [-0.1, -0.05) is 18.6 Å². The van der Waals surface area contributed by atoms with E-state index in [0.29, 0.717) is 12.3 Å². The van der Waals surface area contributed by atoms with E-state index in [4.69, 9.17) is 11.6 Å². The summed E-state index contributed by atoms with van der Waals surface area (Å²) in [6.07, 6.45) is -0.0816. The van der Waals surface area contributed by atoms with E-state index in [0.717, 1.165) is 30.5 Å². The van der Waals surface area contributed by atoms with Crippen LogP contribution in [0.25, 0.3) is 0 Å². The summed E-state index contributed by atoms with van der Waals surface area (Å²) in [7, 11) is 0. The Kier molecular flexibility index (Phi) is 3.67. The molecule has 4 heteroatoms. The molecule has 1 aromatic carbocycles. The number of benzene rings is 1. The maximum atomic E-state index is 12.3. The number of hydrogen-bond donors (Lipinski definition) is 0. The fourth-order valence-corrected chi connectivity index (χ4v) is 2.45. The first-order valence-corrected chi connectivity index (χ1v) is 6.20. The monoisotopic (exact) mass is 262 g/mol. The van der Waals surface area contributed by atoms with E-state index < -0.39 is 11.7 Å². The Bertz CT molecular complexity index is 365. The number of halogens is 4. The number of rotatable bonds is 3. The molecular weight excluding hydrogens is 249 g/mol. The van der Waals surface area contributed by atoms with Gasteiger partial charge in [0.1, 0.15) is 0 Å². The predicted molar refractivity (Wildman–Crippen MR) is 62.1 cm³/mol. The van der Waals surface area contributed by atoms with Crippen molar-refractivity contribution in [3.05, 3.63) is 35.4 Å². The van der Waals surface area contributed by atoms with Crippen molar-refractivity contribution in [3.8, 4) is 0 Å². The maximum absolute atomic E-state index is 12.3. The lowest BCUT2D eigenvalue weighted by Crippen LogP contribution is -2.24. The zero-order chi connectivity index (χ0) is 12.5. The summed E-state index contributed by atoms with van der Waals surface area (Å²) in [5, 5.41) is 0.0560. The van der Waals surface area contributed by atoms with E-state index in [2.05, 4.69) is 0 Å². The molecule has 0 nitrogen and oxygen atoms in total. The summed E-state index contributed by atoms with van der Waals surface area (Å²) in [4.78, 5) is 0. The Morgan fingerprint density at radius 3 is 2.18 bits per heavy atom. The summed E-state index contributed by atoms with van der Waals surface area (Å²) in [5.74, 6) is 0.541. The molecule has 0 aliphatic heterocycles. The van der Waals surface area contributed by atoms with Crippen molar-refractivity contribution in [2.45, 2.75) is 37.2 Å². The van der Waals surface area contributed by atoms with Gasteiger partial charge < -0.3 is 0 Å². The molecule has 0 spiro atoms. The predicted octanol–water partition coefficient (Wildman–Crippen LogP) is 4.66. The molecule has 1 unspecified atom stereocenters. The molecule has 1 saturated carbocycles. The van der Waals surface area contributed by atoms with Crippen molar-refractivity contribution < 1.29 is 13.2 Å². The van der Waals surface area contributed by atoms with Gasteiger partial charge in [-0.15, -0.1) is 11.6 Å². The lowest BCUT2D eigenvalue weighted by atomic mass is 9.81. The van der Waals surface area contributed by atoms with Gasteiger partial charge in [0.15, 0.2) is 0 Å². The van der Waals surface area contributed by atoms with E-state index in [9.17, 15) is 13.2 Å². The Labute approximate surface area is 104 Å². The average molecular weight is 263 g/mol. The molecule has 17 heavy (non-hydrogen) atoms. The van der Waals surface area contributed by atoms with Crippen LogP contribution in [0.2, 0.25) is 0 Å². The number of hydrogen-bond acceptors (Lipinski definition) is 0. The highest BCUT2D eigenvalue weighted by molar-refractivity contribution is 6.21. The van der Waals surface area contributed by atoms with Gasteiger partial charge in [-0.05, 0) is 42.9 Å². The standard InChI is InChI=1S/C13H14ClF3/c14-12(10-2-1-3-10)8-9-4-6-11(7-5-9)13(15,16)17/h4-7,10,12H,1-3,8H2. The summed E-state index contributed by atoms with van der Waals surface area (Å²) < 4.78 is 37.0. The molecule has 0 aromatic heterocycles. The van der Waals surface area contributed by atoms with Crippen molar-refractivity contribution >= 4 is 11.6 Å². The Balaban J connectivity index is 1.98. The van der Waals surface area contributed by atoms with Gasteiger partial charge in [0.2, 0.25) is 0 Å². The maximum Gasteiger partial charge on any atom is 0.416 e. The minimum Gasteiger partial charge on any atom is -0.166 e. The highest BCUT2D eigenvalue weighted by Crippen LogP contribution is 2.34. The van der Waals surface area contributed by atoms with Crippen LogP contribution in [0.15, 0.2) is 24.3 Å². The molecule has 0 saturated heterocycles. The second-order valence-electron chi connectivity index (χ2n) is 4.61. The third-order valence-corrected chi connectivity index (χ3v) is 3.88. The van der Waals surface area contributed by atoms with Crippen molar-refractivity contribution in [3.63, 3.8) is 0 Å². The normalized spacial score (nSPS) is 18.8. The molecule has 1 atom stereocenters. The topological polar surface area (TPSA) is 0 Å². The van der Waals surface area contributed by atoms with Crippen molar-refractivity contribution in [2.24, 2.45) is 5.92 Å². The molecule has 1 aromatic rings. The largest absolute Gasteiger partial charge is 0.416 e. The lowest BCUT2D eigenvalue weighted by molar-refractivity contribution is -0.137. The molecule has 0 radical (unpaired) electrons. The highest BCUT2D eigenvalue weighted by Gasteiger charge is 2.30. The van der Waals surface area contributed by atoms with Crippen molar-refractivity contribution in [1.29, 1.82) is 0 Å². The third kappa shape index (κ3) is 3.15. The smallest absolute Gasteiger partial charge is 0.166 e. The van der Waals surface area contributed by atoms with Gasteiger partial charge in [-0.25, -0.2) is 0 Å². The molecule has 0 amide bonds. The second-order valence-corrected chi connectivity index (χ2v) is 5.17. The van der Waals surface area contributed by atoms with E-state index in [1.165, 1.54) is 18.6 Å². The molecule has 94 valence electrons. The fourth-order valence-electron chi connectivity index (χ4n) is 2.02. The quantitative estimate of drug-likeness (QED) is 0.695. The Morgan fingerprint density at radius 1 is 1.18 bits per heavy atom. The first-order chi connectivity index (χ1) is 7.97. The van der Waals surface area contributed by atoms with Crippen LogP contribution in [0, 0.1) is 5.92 Å². The SMILES string of the molecule is FC(F)(F)c1ccc(CC(Cl)C2CCC2)cc1.